The lowest BCUT2D eigenvalue weighted by atomic mass is 10.0. The molecule has 0 spiro atoms. The molecule has 1 atom stereocenters. The highest BCUT2D eigenvalue weighted by Crippen LogP contribution is 2.20. The van der Waals surface area contributed by atoms with E-state index in [0.29, 0.717) is 24.5 Å². The van der Waals surface area contributed by atoms with Gasteiger partial charge in [-0.2, -0.15) is 0 Å². The number of ether oxygens (including phenoxy) is 1. The van der Waals surface area contributed by atoms with E-state index in [9.17, 15) is 9.59 Å². The number of carbonyl (C=O) groups is 2. The Morgan fingerprint density at radius 2 is 2.00 bits per heavy atom. The summed E-state index contributed by atoms with van der Waals surface area (Å²) in [6, 6.07) is 2.68. The van der Waals surface area contributed by atoms with Crippen molar-refractivity contribution >= 4 is 17.7 Å². The fourth-order valence-electron chi connectivity index (χ4n) is 1.88. The zero-order chi connectivity index (χ0) is 16.0. The Hall–Kier alpha value is -2.08. The molecule has 6 nitrogen and oxygen atoms in total. The number of benzene rings is 1. The quantitative estimate of drug-likeness (QED) is 0.752. The van der Waals surface area contributed by atoms with Crippen molar-refractivity contribution in [2.24, 2.45) is 0 Å². The minimum Gasteiger partial charge on any atom is -0.478 e. The van der Waals surface area contributed by atoms with Gasteiger partial charge in [-0.15, -0.1) is 0 Å². The predicted molar refractivity (Wildman–Crippen MR) is 81.0 cm³/mol. The molecule has 0 fully saturated rings. The molecule has 0 saturated heterocycles. The molecule has 0 aliphatic carbocycles. The lowest BCUT2D eigenvalue weighted by Gasteiger charge is -2.15. The summed E-state index contributed by atoms with van der Waals surface area (Å²) in [6.45, 7) is 8.28. The normalized spacial score (nSPS) is 11.8. The molecule has 116 valence electrons. The predicted octanol–water partition coefficient (Wildman–Crippen LogP) is 2.55. The second kappa shape index (κ2) is 7.64. The lowest BCUT2D eigenvalue weighted by Crippen LogP contribution is -2.38. The number of amides is 2. The Bertz CT molecular complexity index is 529. The molecule has 3 N–H and O–H groups in total. The number of anilines is 1. The number of carbonyl (C=O) groups excluding carboxylic acids is 1. The second-order valence-corrected chi connectivity index (χ2v) is 4.93. The molecule has 0 radical (unpaired) electrons. The average Bonchev–Trinajstić information content (AvgIpc) is 2.39. The van der Waals surface area contributed by atoms with Crippen molar-refractivity contribution in [3.8, 4) is 0 Å². The zero-order valence-electron chi connectivity index (χ0n) is 12.8. The fourth-order valence-corrected chi connectivity index (χ4v) is 1.88. The van der Waals surface area contributed by atoms with Gasteiger partial charge in [-0.3, -0.25) is 0 Å². The minimum absolute atomic E-state index is 0.129. The summed E-state index contributed by atoms with van der Waals surface area (Å²) < 4.78 is 5.21. The third-order valence-electron chi connectivity index (χ3n) is 3.11. The van der Waals surface area contributed by atoms with Crippen LogP contribution in [-0.2, 0) is 4.74 Å². The Morgan fingerprint density at radius 1 is 1.33 bits per heavy atom. The first-order valence-corrected chi connectivity index (χ1v) is 6.85. The van der Waals surface area contributed by atoms with Crippen LogP contribution in [0.1, 0.15) is 35.3 Å². The van der Waals surface area contributed by atoms with Crippen molar-refractivity contribution < 1.29 is 19.4 Å². The molecule has 0 aliphatic rings. The maximum Gasteiger partial charge on any atom is 0.336 e. The van der Waals surface area contributed by atoms with Gasteiger partial charge >= 0.3 is 12.0 Å². The van der Waals surface area contributed by atoms with Crippen LogP contribution in [0.2, 0.25) is 0 Å². The van der Waals surface area contributed by atoms with Gasteiger partial charge in [0.05, 0.1) is 18.2 Å². The minimum atomic E-state index is -1.01. The number of carboxylic acids is 1. The van der Waals surface area contributed by atoms with Crippen molar-refractivity contribution in [2.45, 2.75) is 33.7 Å². The smallest absolute Gasteiger partial charge is 0.336 e. The average molecular weight is 294 g/mol. The van der Waals surface area contributed by atoms with Crippen molar-refractivity contribution in [1.82, 2.24) is 5.32 Å². The summed E-state index contributed by atoms with van der Waals surface area (Å²) in [5.74, 6) is -1.01. The molecule has 1 aromatic carbocycles. The highest BCUT2D eigenvalue weighted by atomic mass is 16.5. The molecule has 0 aromatic heterocycles. The van der Waals surface area contributed by atoms with Crippen LogP contribution in [0.5, 0.6) is 0 Å². The van der Waals surface area contributed by atoms with Gasteiger partial charge in [0, 0.05) is 12.3 Å². The molecule has 0 aliphatic heterocycles. The molecule has 2 amide bonds. The number of hydrogen-bond donors (Lipinski definition) is 3. The van der Waals surface area contributed by atoms with E-state index in [4.69, 9.17) is 9.84 Å². The van der Waals surface area contributed by atoms with Crippen LogP contribution < -0.4 is 10.6 Å². The number of rotatable bonds is 6. The van der Waals surface area contributed by atoms with Crippen LogP contribution >= 0.6 is 0 Å². The summed E-state index contributed by atoms with van der Waals surface area (Å²) >= 11 is 0. The molecule has 21 heavy (non-hydrogen) atoms. The summed E-state index contributed by atoms with van der Waals surface area (Å²) in [5.41, 5.74) is 2.15. The van der Waals surface area contributed by atoms with Crippen LogP contribution in [0.15, 0.2) is 12.1 Å². The molecule has 1 rings (SSSR count). The maximum absolute atomic E-state index is 11.8. The number of hydrogen-bond acceptors (Lipinski definition) is 3. The SMILES string of the molecule is CCOCC(C)NC(=O)Nc1cc(C)c(C)c(C(=O)O)c1. The molecule has 1 unspecified atom stereocenters. The topological polar surface area (TPSA) is 87.7 Å². The van der Waals surface area contributed by atoms with Gasteiger partial charge in [-0.05, 0) is 51.0 Å². The van der Waals surface area contributed by atoms with E-state index in [1.807, 2.05) is 20.8 Å². The van der Waals surface area contributed by atoms with E-state index in [1.165, 1.54) is 6.07 Å². The third-order valence-corrected chi connectivity index (χ3v) is 3.11. The van der Waals surface area contributed by atoms with E-state index in [1.54, 1.807) is 13.0 Å². The van der Waals surface area contributed by atoms with E-state index < -0.39 is 5.97 Å². The first kappa shape index (κ1) is 17.0. The monoisotopic (exact) mass is 294 g/mol. The van der Waals surface area contributed by atoms with Crippen molar-refractivity contribution in [3.63, 3.8) is 0 Å². The molecule has 0 heterocycles. The van der Waals surface area contributed by atoms with Gasteiger partial charge in [0.1, 0.15) is 0 Å². The lowest BCUT2D eigenvalue weighted by molar-refractivity contribution is 0.0696. The fraction of sp³-hybridized carbons (Fsp3) is 0.467. The molecular formula is C15H22N2O4. The Morgan fingerprint density at radius 3 is 2.57 bits per heavy atom. The second-order valence-electron chi connectivity index (χ2n) is 4.93. The highest BCUT2D eigenvalue weighted by Gasteiger charge is 2.13. The van der Waals surface area contributed by atoms with E-state index in [0.717, 1.165) is 5.56 Å². The Labute approximate surface area is 124 Å². The Kier molecular flexibility index (Phi) is 6.17. The van der Waals surface area contributed by atoms with Crippen molar-refractivity contribution in [2.75, 3.05) is 18.5 Å². The largest absolute Gasteiger partial charge is 0.478 e. The number of carboxylic acid groups (broad SMARTS) is 1. The van der Waals surface area contributed by atoms with Gasteiger partial charge < -0.3 is 20.5 Å². The number of urea groups is 1. The molecule has 6 heteroatoms. The van der Waals surface area contributed by atoms with Gasteiger partial charge in [-0.25, -0.2) is 9.59 Å². The molecule has 0 bridgehead atoms. The van der Waals surface area contributed by atoms with Crippen molar-refractivity contribution in [1.29, 1.82) is 0 Å². The number of nitrogens with one attached hydrogen (secondary N) is 2. The standard InChI is InChI=1S/C15H22N2O4/c1-5-21-8-10(3)16-15(20)17-12-6-9(2)11(4)13(7-12)14(18)19/h6-7,10H,5,8H2,1-4H3,(H,18,19)(H2,16,17,20). The van der Waals surface area contributed by atoms with Gasteiger partial charge in [0.25, 0.3) is 0 Å². The van der Waals surface area contributed by atoms with Crippen LogP contribution in [0.4, 0.5) is 10.5 Å². The zero-order valence-corrected chi connectivity index (χ0v) is 12.8. The summed E-state index contributed by atoms with van der Waals surface area (Å²) in [7, 11) is 0. The van der Waals surface area contributed by atoms with E-state index in [-0.39, 0.29) is 17.6 Å². The van der Waals surface area contributed by atoms with Crippen molar-refractivity contribution in [3.05, 3.63) is 28.8 Å². The van der Waals surface area contributed by atoms with Gasteiger partial charge in [0.15, 0.2) is 0 Å². The first-order valence-electron chi connectivity index (χ1n) is 6.85. The molecular weight excluding hydrogens is 272 g/mol. The third kappa shape index (κ3) is 5.07. The van der Waals surface area contributed by atoms with Crippen LogP contribution in [-0.4, -0.2) is 36.4 Å². The van der Waals surface area contributed by atoms with Crippen LogP contribution in [0.3, 0.4) is 0 Å². The highest BCUT2D eigenvalue weighted by molar-refractivity contribution is 5.94. The first-order chi connectivity index (χ1) is 9.85. The number of aryl methyl sites for hydroxylation is 1. The number of aromatic carboxylic acids is 1. The van der Waals surface area contributed by atoms with Gasteiger partial charge in [-0.1, -0.05) is 0 Å². The van der Waals surface area contributed by atoms with E-state index in [2.05, 4.69) is 10.6 Å². The summed E-state index contributed by atoms with van der Waals surface area (Å²) in [5, 5.41) is 14.5. The van der Waals surface area contributed by atoms with E-state index >= 15 is 0 Å². The summed E-state index contributed by atoms with van der Waals surface area (Å²) in [6.07, 6.45) is 0. The van der Waals surface area contributed by atoms with Gasteiger partial charge in [0.2, 0.25) is 0 Å². The molecule has 0 saturated carbocycles. The molecule has 1 aromatic rings. The summed E-state index contributed by atoms with van der Waals surface area (Å²) in [4.78, 5) is 23.0. The maximum atomic E-state index is 11.8. The van der Waals surface area contributed by atoms with Crippen LogP contribution in [0.25, 0.3) is 0 Å². The Balaban J connectivity index is 2.74. The van der Waals surface area contributed by atoms with Crippen LogP contribution in [0, 0.1) is 13.8 Å².